The van der Waals surface area contributed by atoms with E-state index in [4.69, 9.17) is 16.3 Å². The highest BCUT2D eigenvalue weighted by molar-refractivity contribution is 7.98. The zero-order chi connectivity index (χ0) is 26.0. The standard InChI is InChI=1S/C26H28ClFN4O3S/c1-26(2,3)35-25(34)31-12-5-6-21(31)23(17-7-8-18(27)19(28)14-17)32-13-10-16(15-22(32)33)20-9-11-29-24(30-20)36-4/h7-11,13-15,21,23H,5-6,12H2,1-4H3/t21?,23-/m0/s1. The van der Waals surface area contributed by atoms with Gasteiger partial charge in [0.2, 0.25) is 0 Å². The van der Waals surface area contributed by atoms with Gasteiger partial charge in [-0.1, -0.05) is 29.4 Å². The molecule has 0 N–H and O–H groups in total. The molecule has 1 unspecified atom stereocenters. The van der Waals surface area contributed by atoms with Crippen LogP contribution in [0.15, 0.2) is 58.7 Å². The third kappa shape index (κ3) is 5.73. The first-order valence-corrected chi connectivity index (χ1v) is 13.2. The van der Waals surface area contributed by atoms with Crippen LogP contribution in [-0.2, 0) is 4.74 Å². The van der Waals surface area contributed by atoms with Crippen LogP contribution in [0.5, 0.6) is 0 Å². The molecule has 4 rings (SSSR count). The lowest BCUT2D eigenvalue weighted by molar-refractivity contribution is 0.0195. The Morgan fingerprint density at radius 1 is 1.25 bits per heavy atom. The third-order valence-electron chi connectivity index (χ3n) is 5.94. The number of halogens is 2. The van der Waals surface area contributed by atoms with E-state index in [1.54, 1.807) is 56.3 Å². The molecule has 1 aliphatic heterocycles. The normalized spacial score (nSPS) is 16.7. The molecule has 0 aliphatic carbocycles. The summed E-state index contributed by atoms with van der Waals surface area (Å²) in [6.45, 7) is 5.90. The number of hydrogen-bond acceptors (Lipinski definition) is 6. The quantitative estimate of drug-likeness (QED) is 0.306. The summed E-state index contributed by atoms with van der Waals surface area (Å²) in [5.74, 6) is -0.587. The molecule has 1 saturated heterocycles. The summed E-state index contributed by atoms with van der Waals surface area (Å²) in [5, 5.41) is 0.592. The predicted molar refractivity (Wildman–Crippen MR) is 139 cm³/mol. The van der Waals surface area contributed by atoms with Crippen LogP contribution in [-0.4, -0.2) is 50.0 Å². The van der Waals surface area contributed by atoms with Gasteiger partial charge in [-0.05, 0) is 69.7 Å². The highest BCUT2D eigenvalue weighted by atomic mass is 35.5. The number of carbonyl (C=O) groups excluding carboxylic acids is 1. The number of hydrogen-bond donors (Lipinski definition) is 0. The van der Waals surface area contributed by atoms with E-state index in [1.165, 1.54) is 34.5 Å². The number of likely N-dealkylation sites (tertiary alicyclic amines) is 1. The number of amides is 1. The summed E-state index contributed by atoms with van der Waals surface area (Å²) in [6.07, 6.45) is 6.11. The van der Waals surface area contributed by atoms with Crippen molar-refractivity contribution in [1.82, 2.24) is 19.4 Å². The monoisotopic (exact) mass is 530 g/mol. The summed E-state index contributed by atoms with van der Waals surface area (Å²) in [4.78, 5) is 36.8. The van der Waals surface area contributed by atoms with Crippen molar-refractivity contribution < 1.29 is 13.9 Å². The Morgan fingerprint density at radius 3 is 2.69 bits per heavy atom. The Balaban J connectivity index is 1.78. The van der Waals surface area contributed by atoms with Gasteiger partial charge in [0.15, 0.2) is 5.16 Å². The van der Waals surface area contributed by atoms with Gasteiger partial charge < -0.3 is 14.2 Å². The van der Waals surface area contributed by atoms with E-state index in [9.17, 15) is 14.0 Å². The number of carbonyl (C=O) groups is 1. The maximum absolute atomic E-state index is 14.5. The maximum atomic E-state index is 14.5. The van der Waals surface area contributed by atoms with Crippen molar-refractivity contribution in [3.05, 3.63) is 75.5 Å². The minimum atomic E-state index is -0.669. The van der Waals surface area contributed by atoms with E-state index < -0.39 is 29.6 Å². The van der Waals surface area contributed by atoms with Gasteiger partial charge in [-0.3, -0.25) is 4.79 Å². The molecule has 2 aromatic heterocycles. The van der Waals surface area contributed by atoms with Crippen LogP contribution in [0.3, 0.4) is 0 Å². The molecular weight excluding hydrogens is 503 g/mol. The minimum Gasteiger partial charge on any atom is -0.444 e. The van der Waals surface area contributed by atoms with Crippen molar-refractivity contribution in [1.29, 1.82) is 0 Å². The first-order chi connectivity index (χ1) is 17.1. The second kappa shape index (κ2) is 10.6. The fraction of sp³-hybridized carbons (Fsp3) is 0.385. The second-order valence-corrected chi connectivity index (χ2v) is 10.8. The first-order valence-electron chi connectivity index (χ1n) is 11.6. The summed E-state index contributed by atoms with van der Waals surface area (Å²) >= 11 is 7.36. The molecule has 0 bridgehead atoms. The summed E-state index contributed by atoms with van der Waals surface area (Å²) in [6, 6.07) is 8.47. The Morgan fingerprint density at radius 2 is 2.03 bits per heavy atom. The molecule has 3 heterocycles. The van der Waals surface area contributed by atoms with Gasteiger partial charge in [-0.2, -0.15) is 0 Å². The highest BCUT2D eigenvalue weighted by Crippen LogP contribution is 2.34. The molecule has 2 atom stereocenters. The van der Waals surface area contributed by atoms with Crippen molar-refractivity contribution in [3.63, 3.8) is 0 Å². The number of thioether (sulfide) groups is 1. The van der Waals surface area contributed by atoms with Crippen LogP contribution < -0.4 is 5.56 Å². The molecule has 0 radical (unpaired) electrons. The molecule has 1 amide bonds. The average Bonchev–Trinajstić information content (AvgIpc) is 3.31. The second-order valence-electron chi connectivity index (χ2n) is 9.59. The fourth-order valence-corrected chi connectivity index (χ4v) is 4.88. The van der Waals surface area contributed by atoms with E-state index in [2.05, 4.69) is 9.97 Å². The largest absolute Gasteiger partial charge is 0.444 e. The molecule has 36 heavy (non-hydrogen) atoms. The zero-order valence-corrected chi connectivity index (χ0v) is 22.1. The summed E-state index contributed by atoms with van der Waals surface area (Å²) in [5.41, 5.74) is 0.846. The van der Waals surface area contributed by atoms with E-state index in [-0.39, 0.29) is 10.6 Å². The Labute approximate surface area is 218 Å². The SMILES string of the molecule is CSc1nccc(-c2ccn([C@@H](c3ccc(Cl)c(F)c3)C3CCCN3C(=O)OC(C)(C)C)c(=O)c2)n1. The average molecular weight is 531 g/mol. The smallest absolute Gasteiger partial charge is 0.410 e. The number of nitrogens with zero attached hydrogens (tertiary/aromatic N) is 4. The lowest BCUT2D eigenvalue weighted by Crippen LogP contribution is -2.45. The Hall–Kier alpha value is -2.91. The fourth-order valence-electron chi connectivity index (χ4n) is 4.41. The Kier molecular flexibility index (Phi) is 7.70. The third-order valence-corrected chi connectivity index (χ3v) is 6.80. The van der Waals surface area contributed by atoms with Gasteiger partial charge in [0, 0.05) is 30.6 Å². The van der Waals surface area contributed by atoms with Crippen molar-refractivity contribution in [2.75, 3.05) is 12.8 Å². The van der Waals surface area contributed by atoms with E-state index >= 15 is 0 Å². The molecule has 0 spiro atoms. The van der Waals surface area contributed by atoms with E-state index in [0.29, 0.717) is 34.9 Å². The highest BCUT2D eigenvalue weighted by Gasteiger charge is 2.39. The predicted octanol–water partition coefficient (Wildman–Crippen LogP) is 5.81. The lowest BCUT2D eigenvalue weighted by Gasteiger charge is -2.34. The van der Waals surface area contributed by atoms with Gasteiger partial charge in [0.25, 0.3) is 5.56 Å². The van der Waals surface area contributed by atoms with Crippen molar-refractivity contribution in [2.45, 2.75) is 56.5 Å². The van der Waals surface area contributed by atoms with Crippen molar-refractivity contribution >= 4 is 29.5 Å². The van der Waals surface area contributed by atoms with Gasteiger partial charge in [0.1, 0.15) is 11.4 Å². The molecule has 1 fully saturated rings. The summed E-state index contributed by atoms with van der Waals surface area (Å²) in [7, 11) is 0. The van der Waals surface area contributed by atoms with Crippen LogP contribution >= 0.6 is 23.4 Å². The molecule has 10 heteroatoms. The van der Waals surface area contributed by atoms with E-state index in [0.717, 1.165) is 6.42 Å². The topological polar surface area (TPSA) is 77.3 Å². The molecule has 190 valence electrons. The lowest BCUT2D eigenvalue weighted by atomic mass is 9.96. The van der Waals surface area contributed by atoms with E-state index in [1.807, 2.05) is 6.26 Å². The number of benzene rings is 1. The Bertz CT molecular complexity index is 1330. The van der Waals surface area contributed by atoms with Gasteiger partial charge in [0.05, 0.1) is 22.8 Å². The summed E-state index contributed by atoms with van der Waals surface area (Å²) < 4.78 is 21.7. The van der Waals surface area contributed by atoms with Crippen molar-refractivity contribution in [2.24, 2.45) is 0 Å². The zero-order valence-electron chi connectivity index (χ0n) is 20.6. The number of rotatable bonds is 5. The van der Waals surface area contributed by atoms with Crippen LogP contribution in [0, 0.1) is 5.82 Å². The molecule has 3 aromatic rings. The number of ether oxygens (including phenoxy) is 1. The van der Waals surface area contributed by atoms with Crippen LogP contribution in [0.1, 0.15) is 45.2 Å². The molecular formula is C26H28ClFN4O3S. The minimum absolute atomic E-state index is 0.0102. The van der Waals surface area contributed by atoms with Crippen molar-refractivity contribution in [3.8, 4) is 11.3 Å². The number of pyridine rings is 1. The molecule has 0 saturated carbocycles. The van der Waals surface area contributed by atoms with Crippen LogP contribution in [0.4, 0.5) is 9.18 Å². The van der Waals surface area contributed by atoms with Crippen LogP contribution in [0.25, 0.3) is 11.3 Å². The molecule has 7 nitrogen and oxygen atoms in total. The van der Waals surface area contributed by atoms with Gasteiger partial charge >= 0.3 is 6.09 Å². The number of aromatic nitrogens is 3. The maximum Gasteiger partial charge on any atom is 0.410 e. The first kappa shape index (κ1) is 26.2. The van der Waals surface area contributed by atoms with Crippen LogP contribution in [0.2, 0.25) is 5.02 Å². The molecule has 1 aliphatic rings. The van der Waals surface area contributed by atoms with Gasteiger partial charge in [-0.25, -0.2) is 19.2 Å². The molecule has 1 aromatic carbocycles. The van der Waals surface area contributed by atoms with Gasteiger partial charge in [-0.15, -0.1) is 0 Å².